The largest absolute Gasteiger partial charge is 0.309 e. The summed E-state index contributed by atoms with van der Waals surface area (Å²) in [7, 11) is 2.02. The van der Waals surface area contributed by atoms with Crippen molar-refractivity contribution in [1.82, 2.24) is 5.32 Å². The first-order valence-electron chi connectivity index (χ1n) is 7.68. The highest BCUT2D eigenvalue weighted by molar-refractivity contribution is 9.10. The maximum absolute atomic E-state index is 3.63. The maximum Gasteiger partial charge on any atom is 0.0574 e. The zero-order chi connectivity index (χ0) is 15.2. The molecule has 1 unspecified atom stereocenters. The second-order valence-electron chi connectivity index (χ2n) is 5.58. The molecule has 1 N–H and O–H groups in total. The quantitative estimate of drug-likeness (QED) is 0.737. The number of hydrogen-bond donors (Lipinski definition) is 1. The molecule has 0 aliphatic rings. The van der Waals surface area contributed by atoms with Crippen molar-refractivity contribution in [3.05, 3.63) is 69.2 Å². The molecule has 0 saturated carbocycles. The van der Waals surface area contributed by atoms with Crippen molar-refractivity contribution in [1.29, 1.82) is 0 Å². The molecule has 21 heavy (non-hydrogen) atoms. The van der Waals surface area contributed by atoms with Gasteiger partial charge in [-0.25, -0.2) is 0 Å². The van der Waals surface area contributed by atoms with Crippen molar-refractivity contribution in [2.75, 3.05) is 7.05 Å². The van der Waals surface area contributed by atoms with Crippen LogP contribution in [-0.2, 0) is 6.42 Å². The van der Waals surface area contributed by atoms with E-state index in [1.54, 1.807) is 0 Å². The minimum atomic E-state index is 0.238. The summed E-state index contributed by atoms with van der Waals surface area (Å²) < 4.78 is 1.17. The molecule has 0 amide bonds. The maximum atomic E-state index is 3.63. The summed E-state index contributed by atoms with van der Waals surface area (Å²) in [5, 5.41) is 3.42. The Morgan fingerprint density at radius 3 is 2.29 bits per heavy atom. The van der Waals surface area contributed by atoms with E-state index in [-0.39, 0.29) is 6.04 Å². The fourth-order valence-electron chi connectivity index (χ4n) is 2.57. The number of aryl methyl sites for hydroxylation is 2. The summed E-state index contributed by atoms with van der Waals surface area (Å²) in [6.07, 6.45) is 3.69. The van der Waals surface area contributed by atoms with Crippen LogP contribution < -0.4 is 5.32 Å². The predicted octanol–water partition coefficient (Wildman–Crippen LogP) is 5.41. The fourth-order valence-corrected chi connectivity index (χ4v) is 2.97. The summed E-state index contributed by atoms with van der Waals surface area (Å²) in [4.78, 5) is 0. The minimum Gasteiger partial charge on any atom is -0.309 e. The minimum absolute atomic E-state index is 0.238. The summed E-state index contributed by atoms with van der Waals surface area (Å²) >= 11 is 3.63. The molecule has 2 aromatic rings. The molecule has 0 saturated heterocycles. The van der Waals surface area contributed by atoms with Crippen LogP contribution in [0, 0.1) is 6.92 Å². The van der Waals surface area contributed by atoms with Gasteiger partial charge >= 0.3 is 0 Å². The monoisotopic (exact) mass is 345 g/mol. The first kappa shape index (κ1) is 16.3. The Kier molecular flexibility index (Phi) is 6.01. The Labute approximate surface area is 136 Å². The number of benzene rings is 2. The summed E-state index contributed by atoms with van der Waals surface area (Å²) in [5.74, 6) is 0. The van der Waals surface area contributed by atoms with E-state index in [0.29, 0.717) is 0 Å². The van der Waals surface area contributed by atoms with Crippen LogP contribution >= 0.6 is 15.9 Å². The van der Waals surface area contributed by atoms with Gasteiger partial charge in [0.15, 0.2) is 0 Å². The third-order valence-electron chi connectivity index (χ3n) is 3.95. The fraction of sp³-hybridized carbons (Fsp3) is 0.368. The van der Waals surface area contributed by atoms with Gasteiger partial charge in [0.05, 0.1) is 6.04 Å². The molecule has 0 radical (unpaired) electrons. The first-order valence-corrected chi connectivity index (χ1v) is 8.47. The molecule has 0 aromatic heterocycles. The van der Waals surface area contributed by atoms with E-state index in [9.17, 15) is 0 Å². The van der Waals surface area contributed by atoms with Crippen LogP contribution in [0.25, 0.3) is 0 Å². The van der Waals surface area contributed by atoms with Gasteiger partial charge in [-0.2, -0.15) is 0 Å². The average molecular weight is 346 g/mol. The van der Waals surface area contributed by atoms with Crippen LogP contribution in [0.1, 0.15) is 48.1 Å². The lowest BCUT2D eigenvalue weighted by atomic mass is 9.96. The van der Waals surface area contributed by atoms with Gasteiger partial charge in [-0.3, -0.25) is 0 Å². The highest BCUT2D eigenvalue weighted by atomic mass is 79.9. The van der Waals surface area contributed by atoms with Crippen molar-refractivity contribution >= 4 is 15.9 Å². The van der Waals surface area contributed by atoms with E-state index in [1.165, 1.54) is 46.0 Å². The molecule has 1 nitrogen and oxygen atoms in total. The Hall–Kier alpha value is -1.12. The van der Waals surface area contributed by atoms with Crippen molar-refractivity contribution in [2.45, 2.75) is 39.2 Å². The van der Waals surface area contributed by atoms with Gasteiger partial charge in [0.2, 0.25) is 0 Å². The molecule has 1 atom stereocenters. The van der Waals surface area contributed by atoms with Gasteiger partial charge in [0.1, 0.15) is 0 Å². The highest BCUT2D eigenvalue weighted by Gasteiger charge is 2.12. The Balaban J connectivity index is 2.22. The summed E-state index contributed by atoms with van der Waals surface area (Å²) in [6.45, 7) is 4.35. The molecule has 0 bridgehead atoms. The van der Waals surface area contributed by atoms with Gasteiger partial charge < -0.3 is 5.32 Å². The van der Waals surface area contributed by atoms with E-state index < -0.39 is 0 Å². The normalized spacial score (nSPS) is 12.4. The van der Waals surface area contributed by atoms with E-state index >= 15 is 0 Å². The van der Waals surface area contributed by atoms with E-state index in [0.717, 1.165) is 0 Å². The van der Waals surface area contributed by atoms with E-state index in [4.69, 9.17) is 0 Å². The van der Waals surface area contributed by atoms with E-state index in [2.05, 4.69) is 77.6 Å². The van der Waals surface area contributed by atoms with Gasteiger partial charge in [-0.1, -0.05) is 65.7 Å². The zero-order valence-electron chi connectivity index (χ0n) is 13.1. The van der Waals surface area contributed by atoms with Crippen LogP contribution in [0.4, 0.5) is 0 Å². The van der Waals surface area contributed by atoms with E-state index in [1.807, 2.05) is 7.05 Å². The Morgan fingerprint density at radius 1 is 1.05 bits per heavy atom. The van der Waals surface area contributed by atoms with Crippen LogP contribution in [0.5, 0.6) is 0 Å². The smallest absolute Gasteiger partial charge is 0.0574 e. The number of hydrogen-bond acceptors (Lipinski definition) is 1. The molecule has 112 valence electrons. The number of rotatable bonds is 6. The predicted molar refractivity (Wildman–Crippen MR) is 94.8 cm³/mol. The topological polar surface area (TPSA) is 12.0 Å². The summed E-state index contributed by atoms with van der Waals surface area (Å²) in [6, 6.07) is 15.8. The molecule has 2 aromatic carbocycles. The Morgan fingerprint density at radius 2 is 1.71 bits per heavy atom. The highest BCUT2D eigenvalue weighted by Crippen LogP contribution is 2.26. The number of halogens is 1. The molecular weight excluding hydrogens is 322 g/mol. The lowest BCUT2D eigenvalue weighted by Gasteiger charge is -2.18. The van der Waals surface area contributed by atoms with Crippen molar-refractivity contribution in [3.8, 4) is 0 Å². The summed E-state index contributed by atoms with van der Waals surface area (Å²) in [5.41, 5.74) is 5.30. The van der Waals surface area contributed by atoms with Crippen LogP contribution in [-0.4, -0.2) is 7.05 Å². The van der Waals surface area contributed by atoms with Gasteiger partial charge in [0, 0.05) is 4.47 Å². The molecule has 2 rings (SSSR count). The second-order valence-corrected chi connectivity index (χ2v) is 6.43. The Bertz CT molecular complexity index is 575. The van der Waals surface area contributed by atoms with Crippen molar-refractivity contribution in [3.63, 3.8) is 0 Å². The average Bonchev–Trinajstić information content (AvgIpc) is 2.50. The van der Waals surface area contributed by atoms with Crippen LogP contribution in [0.2, 0.25) is 0 Å². The lowest BCUT2D eigenvalue weighted by Crippen LogP contribution is -2.17. The van der Waals surface area contributed by atoms with Crippen LogP contribution in [0.15, 0.2) is 46.9 Å². The number of unbranched alkanes of at least 4 members (excludes halogenated alkanes) is 1. The molecule has 0 fully saturated rings. The molecule has 0 aliphatic heterocycles. The van der Waals surface area contributed by atoms with Crippen molar-refractivity contribution in [2.24, 2.45) is 0 Å². The third kappa shape index (κ3) is 4.18. The van der Waals surface area contributed by atoms with Gasteiger partial charge in [-0.15, -0.1) is 0 Å². The van der Waals surface area contributed by atoms with Crippen molar-refractivity contribution < 1.29 is 0 Å². The van der Waals surface area contributed by atoms with Gasteiger partial charge in [0.25, 0.3) is 0 Å². The molecule has 0 heterocycles. The first-order chi connectivity index (χ1) is 10.2. The zero-order valence-corrected chi connectivity index (χ0v) is 14.7. The second kappa shape index (κ2) is 7.77. The van der Waals surface area contributed by atoms with Crippen LogP contribution in [0.3, 0.4) is 0 Å². The molecule has 0 spiro atoms. The molecular formula is C19H24BrN. The van der Waals surface area contributed by atoms with Gasteiger partial charge in [-0.05, 0) is 55.1 Å². The SMILES string of the molecule is CCCCc1ccc(C(NC)c2ccc(C)c(Br)c2)cc1. The standard InChI is InChI=1S/C19H24BrN/c1-4-5-6-15-8-11-16(12-9-15)19(21-3)17-10-7-14(2)18(20)13-17/h7-13,19,21H,4-6H2,1-3H3. The molecule has 0 aliphatic carbocycles. The lowest BCUT2D eigenvalue weighted by molar-refractivity contribution is 0.690. The third-order valence-corrected chi connectivity index (χ3v) is 4.80. The number of nitrogens with one attached hydrogen (secondary N) is 1. The molecule has 2 heteroatoms.